The van der Waals surface area contributed by atoms with Gasteiger partial charge in [0.2, 0.25) is 11.7 Å². The molecule has 0 atom stereocenters. The van der Waals surface area contributed by atoms with Crippen LogP contribution in [-0.4, -0.2) is 15.9 Å². The smallest absolute Gasteiger partial charge is 0.369 e. The van der Waals surface area contributed by atoms with Crippen LogP contribution in [0, 0.1) is 0 Å². The topological polar surface area (TPSA) is 68.9 Å². The predicted molar refractivity (Wildman–Crippen MR) is 65.4 cm³/mol. The lowest BCUT2D eigenvalue weighted by Gasteiger charge is -2.09. The molecule has 0 bridgehead atoms. The van der Waals surface area contributed by atoms with Crippen molar-refractivity contribution >= 4 is 5.91 Å². The van der Waals surface area contributed by atoms with E-state index in [1.54, 1.807) is 24.3 Å². The molecular formula is C13H10F3N3O. The molecule has 0 aliphatic rings. The Morgan fingerprint density at radius 1 is 1.15 bits per heavy atom. The average molecular weight is 281 g/mol. The number of alkyl halides is 3. The molecule has 104 valence electrons. The van der Waals surface area contributed by atoms with Crippen LogP contribution in [0.4, 0.5) is 13.2 Å². The second kappa shape index (κ2) is 5.28. The van der Waals surface area contributed by atoms with Crippen molar-refractivity contribution in [1.82, 2.24) is 9.97 Å². The highest BCUT2D eigenvalue weighted by atomic mass is 19.4. The molecule has 0 fully saturated rings. The molecule has 4 nitrogen and oxygen atoms in total. The number of benzene rings is 1. The van der Waals surface area contributed by atoms with Gasteiger partial charge in [0.15, 0.2) is 0 Å². The Morgan fingerprint density at radius 2 is 1.75 bits per heavy atom. The number of hydrogen-bond donors (Lipinski definition) is 1. The van der Waals surface area contributed by atoms with Gasteiger partial charge in [0.1, 0.15) is 0 Å². The van der Waals surface area contributed by atoms with Gasteiger partial charge in [0.25, 0.3) is 0 Å². The second-order valence-electron chi connectivity index (χ2n) is 4.09. The Labute approximate surface area is 112 Å². The Kier molecular flexibility index (Phi) is 3.69. The Bertz CT molecular complexity index is 624. The normalized spacial score (nSPS) is 11.3. The maximum atomic E-state index is 12.4. The fourth-order valence-electron chi connectivity index (χ4n) is 1.76. The van der Waals surface area contributed by atoms with E-state index in [1.165, 1.54) is 0 Å². The minimum Gasteiger partial charge on any atom is -0.369 e. The first kappa shape index (κ1) is 14.0. The molecule has 0 aliphatic heterocycles. The van der Waals surface area contributed by atoms with E-state index in [2.05, 4.69) is 9.97 Å². The maximum Gasteiger partial charge on any atom is 0.451 e. The molecule has 1 aromatic carbocycles. The molecule has 20 heavy (non-hydrogen) atoms. The molecule has 1 heterocycles. The van der Waals surface area contributed by atoms with Crippen molar-refractivity contribution in [3.63, 3.8) is 0 Å². The summed E-state index contributed by atoms with van der Waals surface area (Å²) in [5, 5.41) is 0. The molecule has 1 aromatic heterocycles. The van der Waals surface area contributed by atoms with E-state index >= 15 is 0 Å². The number of amides is 1. The van der Waals surface area contributed by atoms with Gasteiger partial charge < -0.3 is 5.73 Å². The molecule has 2 N–H and O–H groups in total. The quantitative estimate of drug-likeness (QED) is 0.937. The summed E-state index contributed by atoms with van der Waals surface area (Å²) in [5.74, 6) is -1.72. The van der Waals surface area contributed by atoms with Gasteiger partial charge in [-0.3, -0.25) is 4.79 Å². The fourth-order valence-corrected chi connectivity index (χ4v) is 1.76. The van der Waals surface area contributed by atoms with Crippen LogP contribution < -0.4 is 5.73 Å². The number of nitrogens with two attached hydrogens (primary N) is 1. The summed E-state index contributed by atoms with van der Waals surface area (Å²) in [6.45, 7) is 0. The van der Waals surface area contributed by atoms with E-state index in [4.69, 9.17) is 5.73 Å². The lowest BCUT2D eigenvalue weighted by molar-refractivity contribution is -0.145. The summed E-state index contributed by atoms with van der Waals surface area (Å²) in [7, 11) is 0. The molecule has 1 amide bonds. The van der Waals surface area contributed by atoms with Crippen molar-refractivity contribution in [3.05, 3.63) is 48.0 Å². The van der Waals surface area contributed by atoms with Gasteiger partial charge in [0, 0.05) is 18.0 Å². The van der Waals surface area contributed by atoms with E-state index in [-0.39, 0.29) is 6.42 Å². The number of carbonyl (C=O) groups excluding carboxylic acids is 1. The number of primary amides is 1. The van der Waals surface area contributed by atoms with Crippen molar-refractivity contribution in [2.24, 2.45) is 5.73 Å². The third kappa shape index (κ3) is 3.11. The summed E-state index contributed by atoms with van der Waals surface area (Å²) in [6.07, 6.45) is -2.42. The van der Waals surface area contributed by atoms with E-state index in [0.29, 0.717) is 16.7 Å². The molecule has 0 spiro atoms. The zero-order chi connectivity index (χ0) is 14.8. The van der Waals surface area contributed by atoms with E-state index in [0.717, 1.165) is 12.4 Å². The van der Waals surface area contributed by atoms with Gasteiger partial charge in [-0.2, -0.15) is 13.2 Å². The zero-order valence-electron chi connectivity index (χ0n) is 10.2. The van der Waals surface area contributed by atoms with Gasteiger partial charge in [-0.05, 0) is 11.1 Å². The van der Waals surface area contributed by atoms with Crippen LogP contribution in [0.2, 0.25) is 0 Å². The van der Waals surface area contributed by atoms with Crippen molar-refractivity contribution in [1.29, 1.82) is 0 Å². The Morgan fingerprint density at radius 3 is 2.30 bits per heavy atom. The minimum atomic E-state index is -4.58. The van der Waals surface area contributed by atoms with Crippen LogP contribution in [0.15, 0.2) is 36.7 Å². The first-order valence-electron chi connectivity index (χ1n) is 5.64. The van der Waals surface area contributed by atoms with Gasteiger partial charge >= 0.3 is 6.18 Å². The van der Waals surface area contributed by atoms with Crippen molar-refractivity contribution in [3.8, 4) is 11.1 Å². The van der Waals surface area contributed by atoms with Crippen molar-refractivity contribution in [2.75, 3.05) is 0 Å². The largest absolute Gasteiger partial charge is 0.451 e. The number of hydrogen-bond acceptors (Lipinski definition) is 3. The molecule has 2 aromatic rings. The predicted octanol–water partition coefficient (Wildman–Crippen LogP) is 2.19. The lowest BCUT2D eigenvalue weighted by Crippen LogP contribution is -2.14. The van der Waals surface area contributed by atoms with Crippen LogP contribution in [-0.2, 0) is 17.4 Å². The van der Waals surface area contributed by atoms with Crippen molar-refractivity contribution < 1.29 is 18.0 Å². The molecule has 0 aliphatic carbocycles. The summed E-state index contributed by atoms with van der Waals surface area (Å²) in [5.41, 5.74) is 6.73. The van der Waals surface area contributed by atoms with Gasteiger partial charge in [-0.25, -0.2) is 9.97 Å². The summed E-state index contributed by atoms with van der Waals surface area (Å²) >= 11 is 0. The highest BCUT2D eigenvalue weighted by Gasteiger charge is 2.34. The van der Waals surface area contributed by atoms with Crippen molar-refractivity contribution in [2.45, 2.75) is 12.6 Å². The van der Waals surface area contributed by atoms with Crippen LogP contribution in [0.1, 0.15) is 11.4 Å². The first-order chi connectivity index (χ1) is 9.38. The number of carbonyl (C=O) groups is 1. The molecule has 0 saturated carbocycles. The Balaban J connectivity index is 2.39. The standard InChI is InChI=1S/C13H10F3N3O/c14-13(15,16)12-18-6-9(7-19-12)10-4-2-1-3-8(10)5-11(17)20/h1-4,6-7H,5H2,(H2,17,20). The number of aromatic nitrogens is 2. The molecule has 0 unspecified atom stereocenters. The van der Waals surface area contributed by atoms with Gasteiger partial charge in [-0.15, -0.1) is 0 Å². The van der Waals surface area contributed by atoms with E-state index in [9.17, 15) is 18.0 Å². The number of nitrogens with zero attached hydrogens (tertiary/aromatic N) is 2. The molecule has 2 rings (SSSR count). The summed E-state index contributed by atoms with van der Waals surface area (Å²) in [6, 6.07) is 6.77. The van der Waals surface area contributed by atoms with Crippen LogP contribution in [0.3, 0.4) is 0 Å². The highest BCUT2D eigenvalue weighted by molar-refractivity contribution is 5.80. The molecule has 0 radical (unpaired) electrons. The number of halogens is 3. The van der Waals surface area contributed by atoms with Crippen LogP contribution in [0.5, 0.6) is 0 Å². The molecule has 7 heteroatoms. The SMILES string of the molecule is NC(=O)Cc1ccccc1-c1cnc(C(F)(F)F)nc1. The Hall–Kier alpha value is -2.44. The molecular weight excluding hydrogens is 271 g/mol. The third-order valence-electron chi connectivity index (χ3n) is 2.60. The average Bonchev–Trinajstić information content (AvgIpc) is 2.38. The highest BCUT2D eigenvalue weighted by Crippen LogP contribution is 2.28. The maximum absolute atomic E-state index is 12.4. The monoisotopic (exact) mass is 281 g/mol. The third-order valence-corrected chi connectivity index (χ3v) is 2.60. The second-order valence-corrected chi connectivity index (χ2v) is 4.09. The zero-order valence-corrected chi connectivity index (χ0v) is 10.2. The first-order valence-corrected chi connectivity index (χ1v) is 5.64. The van der Waals surface area contributed by atoms with E-state index in [1.807, 2.05) is 0 Å². The summed E-state index contributed by atoms with van der Waals surface area (Å²) in [4.78, 5) is 17.6. The summed E-state index contributed by atoms with van der Waals surface area (Å²) < 4.78 is 37.2. The number of rotatable bonds is 3. The lowest BCUT2D eigenvalue weighted by atomic mass is 10.00. The fraction of sp³-hybridized carbons (Fsp3) is 0.154. The van der Waals surface area contributed by atoms with E-state index < -0.39 is 17.9 Å². The minimum absolute atomic E-state index is 0.00278. The van der Waals surface area contributed by atoms with Gasteiger partial charge in [-0.1, -0.05) is 24.3 Å². The van der Waals surface area contributed by atoms with Crippen LogP contribution in [0.25, 0.3) is 11.1 Å². The van der Waals surface area contributed by atoms with Crippen LogP contribution >= 0.6 is 0 Å². The van der Waals surface area contributed by atoms with Gasteiger partial charge in [0.05, 0.1) is 6.42 Å². The molecule has 0 saturated heterocycles.